The van der Waals surface area contributed by atoms with Crippen LogP contribution in [0.15, 0.2) is 22.7 Å². The first-order valence-corrected chi connectivity index (χ1v) is 7.69. The van der Waals surface area contributed by atoms with E-state index in [0.717, 1.165) is 0 Å². The number of nitrogens with one attached hydrogen (secondary N) is 2. The molecule has 0 bridgehead atoms. The summed E-state index contributed by atoms with van der Waals surface area (Å²) in [5, 5.41) is 14.9. The number of rotatable bonds is 6. The van der Waals surface area contributed by atoms with Crippen molar-refractivity contribution < 1.29 is 14.7 Å². The van der Waals surface area contributed by atoms with Gasteiger partial charge in [0, 0.05) is 16.0 Å². The fourth-order valence-corrected chi connectivity index (χ4v) is 2.60. The molecule has 5 nitrogen and oxygen atoms in total. The van der Waals surface area contributed by atoms with Crippen molar-refractivity contribution in [1.29, 1.82) is 0 Å². The van der Waals surface area contributed by atoms with E-state index >= 15 is 0 Å². The molecule has 7 heteroatoms. The maximum absolute atomic E-state index is 11.8. The molecule has 116 valence electrons. The lowest BCUT2D eigenvalue weighted by atomic mass is 9.97. The van der Waals surface area contributed by atoms with Crippen molar-refractivity contribution in [3.8, 4) is 0 Å². The summed E-state index contributed by atoms with van der Waals surface area (Å²) in [7, 11) is 0. The molecule has 0 heterocycles. The minimum atomic E-state index is -0.906. The molecule has 0 aliphatic heterocycles. The van der Waals surface area contributed by atoms with Crippen LogP contribution in [-0.4, -0.2) is 23.7 Å². The Labute approximate surface area is 137 Å². The molecule has 0 spiro atoms. The molecule has 2 amide bonds. The first kappa shape index (κ1) is 17.8. The van der Waals surface area contributed by atoms with Gasteiger partial charge in [-0.05, 0) is 46.5 Å². The zero-order valence-electron chi connectivity index (χ0n) is 11.8. The summed E-state index contributed by atoms with van der Waals surface area (Å²) < 4.78 is 0.655. The number of carboxylic acid groups (broad SMARTS) is 1. The van der Waals surface area contributed by atoms with E-state index in [1.807, 2.05) is 13.8 Å². The molecule has 1 aromatic rings. The number of hydrogen-bond donors (Lipinski definition) is 3. The van der Waals surface area contributed by atoms with Crippen LogP contribution < -0.4 is 10.6 Å². The van der Waals surface area contributed by atoms with Crippen LogP contribution in [0, 0.1) is 11.8 Å². The van der Waals surface area contributed by atoms with Crippen molar-refractivity contribution in [3.05, 3.63) is 27.7 Å². The molecule has 0 aliphatic carbocycles. The van der Waals surface area contributed by atoms with E-state index in [-0.39, 0.29) is 12.5 Å². The summed E-state index contributed by atoms with van der Waals surface area (Å²) >= 11 is 9.11. The topological polar surface area (TPSA) is 78.4 Å². The van der Waals surface area contributed by atoms with Crippen molar-refractivity contribution in [2.75, 3.05) is 11.9 Å². The van der Waals surface area contributed by atoms with Crippen molar-refractivity contribution in [2.24, 2.45) is 11.8 Å². The number of carboxylic acids is 1. The number of hydrogen-bond acceptors (Lipinski definition) is 2. The molecule has 1 aromatic carbocycles. The van der Waals surface area contributed by atoms with Crippen LogP contribution in [0.3, 0.4) is 0 Å². The van der Waals surface area contributed by atoms with Gasteiger partial charge in [0.2, 0.25) is 0 Å². The van der Waals surface area contributed by atoms with Crippen LogP contribution in [0.2, 0.25) is 5.02 Å². The molecule has 1 unspecified atom stereocenters. The Bertz CT molecular complexity index is 523. The van der Waals surface area contributed by atoms with Gasteiger partial charge in [-0.1, -0.05) is 25.4 Å². The summed E-state index contributed by atoms with van der Waals surface area (Å²) in [6, 6.07) is 4.53. The van der Waals surface area contributed by atoms with Gasteiger partial charge in [0.05, 0.1) is 11.6 Å². The first-order chi connectivity index (χ1) is 9.79. The summed E-state index contributed by atoms with van der Waals surface area (Å²) in [6.45, 7) is 3.98. The quantitative estimate of drug-likeness (QED) is 0.702. The Morgan fingerprint density at radius 1 is 1.38 bits per heavy atom. The number of benzene rings is 1. The van der Waals surface area contributed by atoms with Crippen LogP contribution in [-0.2, 0) is 4.79 Å². The highest BCUT2D eigenvalue weighted by Gasteiger charge is 2.19. The lowest BCUT2D eigenvalue weighted by Gasteiger charge is -2.16. The van der Waals surface area contributed by atoms with Gasteiger partial charge in [-0.3, -0.25) is 4.79 Å². The highest BCUT2D eigenvalue weighted by molar-refractivity contribution is 9.10. The number of halogens is 2. The van der Waals surface area contributed by atoms with Gasteiger partial charge in [0.25, 0.3) is 0 Å². The average Bonchev–Trinajstić information content (AvgIpc) is 2.37. The third-order valence-corrected chi connectivity index (χ3v) is 3.68. The molecule has 0 fully saturated rings. The molecule has 3 N–H and O–H groups in total. The molecule has 0 saturated heterocycles. The highest BCUT2D eigenvalue weighted by Crippen LogP contribution is 2.25. The highest BCUT2D eigenvalue weighted by atomic mass is 79.9. The van der Waals surface area contributed by atoms with Gasteiger partial charge in [0.1, 0.15) is 0 Å². The van der Waals surface area contributed by atoms with E-state index in [0.29, 0.717) is 21.6 Å². The van der Waals surface area contributed by atoms with E-state index in [1.54, 1.807) is 18.2 Å². The van der Waals surface area contributed by atoms with Crippen LogP contribution in [0.25, 0.3) is 0 Å². The molecular formula is C14H18BrClN2O3. The largest absolute Gasteiger partial charge is 0.481 e. The second kappa shape index (κ2) is 8.24. The van der Waals surface area contributed by atoms with Gasteiger partial charge in [0.15, 0.2) is 0 Å². The molecule has 21 heavy (non-hydrogen) atoms. The summed E-state index contributed by atoms with van der Waals surface area (Å²) in [6.07, 6.45) is 0.514. The van der Waals surface area contributed by atoms with Crippen LogP contribution in [0.4, 0.5) is 10.5 Å². The number of anilines is 1. The van der Waals surface area contributed by atoms with Crippen LogP contribution in [0.1, 0.15) is 20.3 Å². The number of urea groups is 1. The Kier molecular flexibility index (Phi) is 6.98. The summed E-state index contributed by atoms with van der Waals surface area (Å²) in [5.41, 5.74) is 0.563. The zero-order valence-corrected chi connectivity index (χ0v) is 14.2. The van der Waals surface area contributed by atoms with Gasteiger partial charge in [-0.25, -0.2) is 4.79 Å². The zero-order chi connectivity index (χ0) is 16.0. The van der Waals surface area contributed by atoms with E-state index in [9.17, 15) is 9.59 Å². The maximum atomic E-state index is 11.8. The van der Waals surface area contributed by atoms with E-state index in [2.05, 4.69) is 26.6 Å². The second-order valence-electron chi connectivity index (χ2n) is 5.12. The standard InChI is InChI=1S/C14H18BrClN2O3/c1-8(2)5-9(13(19)20)7-17-14(21)18-12-4-3-10(16)6-11(12)15/h3-4,6,8-9H,5,7H2,1-2H3,(H,19,20)(H2,17,18,21). The number of carbonyl (C=O) groups excluding carboxylic acids is 1. The van der Waals surface area contributed by atoms with Crippen molar-refractivity contribution >= 4 is 45.2 Å². The predicted octanol–water partition coefficient (Wildman–Crippen LogP) is 3.97. The number of amides is 2. The lowest BCUT2D eigenvalue weighted by molar-refractivity contribution is -0.142. The first-order valence-electron chi connectivity index (χ1n) is 6.52. The average molecular weight is 378 g/mol. The Morgan fingerprint density at radius 2 is 2.05 bits per heavy atom. The second-order valence-corrected chi connectivity index (χ2v) is 6.41. The van der Waals surface area contributed by atoms with Gasteiger partial charge < -0.3 is 15.7 Å². The molecule has 0 saturated carbocycles. The SMILES string of the molecule is CC(C)CC(CNC(=O)Nc1ccc(Cl)cc1Br)C(=O)O. The van der Waals surface area contributed by atoms with E-state index in [1.165, 1.54) is 0 Å². The number of aliphatic carboxylic acids is 1. The molecule has 0 aliphatic rings. The van der Waals surface area contributed by atoms with Crippen molar-refractivity contribution in [2.45, 2.75) is 20.3 Å². The van der Waals surface area contributed by atoms with Crippen LogP contribution >= 0.6 is 27.5 Å². The van der Waals surface area contributed by atoms with E-state index in [4.69, 9.17) is 16.7 Å². The molecule has 1 rings (SSSR count). The third kappa shape index (κ3) is 6.35. The van der Waals surface area contributed by atoms with Gasteiger partial charge in [-0.15, -0.1) is 0 Å². The van der Waals surface area contributed by atoms with Gasteiger partial charge >= 0.3 is 12.0 Å². The summed E-state index contributed by atoms with van der Waals surface area (Å²) in [4.78, 5) is 22.9. The minimum absolute atomic E-state index is 0.0879. The third-order valence-electron chi connectivity index (χ3n) is 2.79. The normalized spacial score (nSPS) is 12.0. The smallest absolute Gasteiger partial charge is 0.319 e. The molecule has 1 atom stereocenters. The Balaban J connectivity index is 2.54. The minimum Gasteiger partial charge on any atom is -0.481 e. The van der Waals surface area contributed by atoms with Crippen molar-refractivity contribution in [3.63, 3.8) is 0 Å². The fraction of sp³-hybridized carbons (Fsp3) is 0.429. The van der Waals surface area contributed by atoms with E-state index < -0.39 is 17.9 Å². The lowest BCUT2D eigenvalue weighted by Crippen LogP contribution is -2.36. The number of carbonyl (C=O) groups is 2. The Morgan fingerprint density at radius 3 is 2.57 bits per heavy atom. The monoisotopic (exact) mass is 376 g/mol. The van der Waals surface area contributed by atoms with Crippen molar-refractivity contribution in [1.82, 2.24) is 5.32 Å². The molecule has 0 radical (unpaired) electrons. The predicted molar refractivity (Wildman–Crippen MR) is 86.8 cm³/mol. The molecule has 0 aromatic heterocycles. The molecular weight excluding hydrogens is 360 g/mol. The Hall–Kier alpha value is -1.27. The van der Waals surface area contributed by atoms with Gasteiger partial charge in [-0.2, -0.15) is 0 Å². The fourth-order valence-electron chi connectivity index (χ4n) is 1.81. The summed E-state index contributed by atoms with van der Waals surface area (Å²) in [5.74, 6) is -1.25. The maximum Gasteiger partial charge on any atom is 0.319 e. The van der Waals surface area contributed by atoms with Crippen LogP contribution in [0.5, 0.6) is 0 Å².